The van der Waals surface area contributed by atoms with Crippen molar-refractivity contribution in [2.45, 2.75) is 6.18 Å². The first-order valence-electron chi connectivity index (χ1n) is 3.70. The van der Waals surface area contributed by atoms with Crippen LogP contribution >= 0.6 is 15.9 Å². The molecule has 8 heteroatoms. The summed E-state index contributed by atoms with van der Waals surface area (Å²) < 4.78 is 36.7. The molecule has 0 aliphatic rings. The molecule has 0 aromatic heterocycles. The molecule has 0 saturated carbocycles. The minimum Gasteiger partial charge on any atom is -0.260 e. The Morgan fingerprint density at radius 3 is 2.38 bits per heavy atom. The van der Waals surface area contributed by atoms with Gasteiger partial charge in [-0.05, 0) is 6.07 Å². The summed E-state index contributed by atoms with van der Waals surface area (Å²) in [6, 6.07) is 0.985. The molecule has 0 fully saturated rings. The van der Waals surface area contributed by atoms with E-state index in [9.17, 15) is 23.3 Å². The van der Waals surface area contributed by atoms with Crippen LogP contribution < -0.4 is 0 Å². The number of benzene rings is 1. The average Bonchev–Trinajstić information content (AvgIpc) is 2.14. The fraction of sp³-hybridized carbons (Fsp3) is 0.125. The van der Waals surface area contributed by atoms with Gasteiger partial charge in [0.2, 0.25) is 0 Å². The number of nitrogens with zero attached hydrogens (tertiary/aromatic N) is 2. The Hall–Kier alpha value is -1.62. The molecule has 0 bridgehead atoms. The highest BCUT2D eigenvalue weighted by Crippen LogP contribution is 2.41. The van der Waals surface area contributed by atoms with Crippen molar-refractivity contribution in [3.63, 3.8) is 0 Å². The number of hydrogen-bond donors (Lipinski definition) is 0. The summed E-state index contributed by atoms with van der Waals surface area (Å²) >= 11 is 2.70. The molecule has 0 aliphatic carbocycles. The van der Waals surface area contributed by atoms with Crippen LogP contribution in [0.25, 0.3) is 4.85 Å². The summed E-state index contributed by atoms with van der Waals surface area (Å²) in [6.45, 7) is 6.65. The zero-order chi connectivity index (χ0) is 12.5. The minimum atomic E-state index is -4.69. The van der Waals surface area contributed by atoms with Crippen LogP contribution in [0, 0.1) is 16.7 Å². The molecule has 4 nitrogen and oxygen atoms in total. The van der Waals surface area contributed by atoms with Gasteiger partial charge in [-0.15, -0.1) is 0 Å². The van der Waals surface area contributed by atoms with Gasteiger partial charge in [0.25, 0.3) is 11.4 Å². The second-order valence-corrected chi connectivity index (χ2v) is 3.55. The summed E-state index contributed by atoms with van der Waals surface area (Å²) in [5.41, 5.74) is -2.48. The van der Waals surface area contributed by atoms with Gasteiger partial charge in [0, 0.05) is 10.5 Å². The predicted octanol–water partition coefficient (Wildman–Crippen LogP) is 3.93. The van der Waals surface area contributed by atoms with Crippen molar-refractivity contribution >= 4 is 27.3 Å². The van der Waals surface area contributed by atoms with Gasteiger partial charge < -0.3 is 0 Å². The highest BCUT2D eigenvalue weighted by Gasteiger charge is 2.34. The molecule has 16 heavy (non-hydrogen) atoms. The lowest BCUT2D eigenvalue weighted by atomic mass is 10.1. The Bertz CT molecular complexity index is 493. The number of halogens is 4. The first kappa shape index (κ1) is 12.4. The quantitative estimate of drug-likeness (QED) is 0.448. The fourth-order valence-electron chi connectivity index (χ4n) is 0.998. The summed E-state index contributed by atoms with van der Waals surface area (Å²) in [5, 5.41) is 10.5. The van der Waals surface area contributed by atoms with Gasteiger partial charge in [-0.25, -0.2) is 4.85 Å². The molecular formula is C8H2BrF3N2O2. The van der Waals surface area contributed by atoms with E-state index in [-0.39, 0.29) is 4.47 Å². The van der Waals surface area contributed by atoms with Gasteiger partial charge in [-0.2, -0.15) is 13.2 Å². The molecule has 1 aromatic rings. The molecule has 0 N–H and O–H groups in total. The maximum absolute atomic E-state index is 12.3. The Kier molecular flexibility index (Phi) is 3.19. The number of nitro groups is 1. The highest BCUT2D eigenvalue weighted by atomic mass is 79.9. The lowest BCUT2D eigenvalue weighted by Gasteiger charge is -2.07. The molecule has 0 unspecified atom stereocenters. The molecule has 1 aromatic carbocycles. The van der Waals surface area contributed by atoms with Crippen LogP contribution in [0.2, 0.25) is 0 Å². The normalized spacial score (nSPS) is 10.9. The van der Waals surface area contributed by atoms with Crippen molar-refractivity contribution in [3.05, 3.63) is 43.7 Å². The van der Waals surface area contributed by atoms with E-state index < -0.39 is 28.0 Å². The van der Waals surface area contributed by atoms with Crippen molar-refractivity contribution in [1.29, 1.82) is 0 Å². The van der Waals surface area contributed by atoms with Gasteiger partial charge in [0.1, 0.15) is 0 Å². The first-order chi connectivity index (χ1) is 7.27. The van der Waals surface area contributed by atoms with Crippen molar-refractivity contribution in [1.82, 2.24) is 0 Å². The third-order valence-electron chi connectivity index (χ3n) is 1.68. The molecule has 0 radical (unpaired) electrons. The summed E-state index contributed by atoms with van der Waals surface area (Å²) in [4.78, 5) is 12.3. The van der Waals surface area contributed by atoms with Crippen molar-refractivity contribution < 1.29 is 18.1 Å². The third kappa shape index (κ3) is 2.30. The van der Waals surface area contributed by atoms with Crippen LogP contribution in [0.5, 0.6) is 0 Å². The molecule has 0 aliphatic heterocycles. The number of nitro benzene ring substituents is 1. The smallest absolute Gasteiger partial charge is 0.260 e. The SMILES string of the molecule is [C-]#[N+]c1c(Br)cc(C(F)(F)F)cc1[N+](=O)[O-]. The Labute approximate surface area is 95.8 Å². The van der Waals surface area contributed by atoms with E-state index in [2.05, 4.69) is 20.8 Å². The van der Waals surface area contributed by atoms with Gasteiger partial charge in [-0.1, -0.05) is 15.9 Å². The summed E-state index contributed by atoms with van der Waals surface area (Å²) in [7, 11) is 0. The largest absolute Gasteiger partial charge is 0.416 e. The zero-order valence-corrected chi connectivity index (χ0v) is 8.96. The Morgan fingerprint density at radius 1 is 1.44 bits per heavy atom. The molecule has 0 heterocycles. The number of hydrogen-bond acceptors (Lipinski definition) is 2. The highest BCUT2D eigenvalue weighted by molar-refractivity contribution is 9.10. The third-order valence-corrected chi connectivity index (χ3v) is 2.28. The topological polar surface area (TPSA) is 47.5 Å². The Morgan fingerprint density at radius 2 is 2.00 bits per heavy atom. The lowest BCUT2D eigenvalue weighted by molar-refractivity contribution is -0.384. The van der Waals surface area contributed by atoms with Crippen molar-refractivity contribution in [3.8, 4) is 0 Å². The average molecular weight is 295 g/mol. The van der Waals surface area contributed by atoms with E-state index in [1.165, 1.54) is 0 Å². The van der Waals surface area contributed by atoms with Crippen LogP contribution in [0.4, 0.5) is 24.5 Å². The number of alkyl halides is 3. The fourth-order valence-corrected chi connectivity index (χ4v) is 1.54. The molecule has 0 spiro atoms. The maximum Gasteiger partial charge on any atom is 0.416 e. The van der Waals surface area contributed by atoms with E-state index in [1.54, 1.807) is 0 Å². The molecular weight excluding hydrogens is 293 g/mol. The monoisotopic (exact) mass is 294 g/mol. The first-order valence-corrected chi connectivity index (χ1v) is 4.49. The zero-order valence-electron chi connectivity index (χ0n) is 7.38. The second kappa shape index (κ2) is 4.09. The van der Waals surface area contributed by atoms with E-state index >= 15 is 0 Å². The van der Waals surface area contributed by atoms with E-state index in [4.69, 9.17) is 6.57 Å². The summed E-state index contributed by atoms with van der Waals surface area (Å²) in [5.74, 6) is 0. The lowest BCUT2D eigenvalue weighted by Crippen LogP contribution is -2.05. The molecule has 1 rings (SSSR count). The van der Waals surface area contributed by atoms with Gasteiger partial charge in [-0.3, -0.25) is 10.1 Å². The van der Waals surface area contributed by atoms with Crippen molar-refractivity contribution in [2.24, 2.45) is 0 Å². The second-order valence-electron chi connectivity index (χ2n) is 2.69. The predicted molar refractivity (Wildman–Crippen MR) is 52.1 cm³/mol. The molecule has 0 saturated heterocycles. The van der Waals surface area contributed by atoms with Crippen LogP contribution in [0.1, 0.15) is 5.56 Å². The molecule has 0 atom stereocenters. The van der Waals surface area contributed by atoms with E-state index in [0.29, 0.717) is 12.1 Å². The molecule has 0 amide bonds. The van der Waals surface area contributed by atoms with E-state index in [0.717, 1.165) is 0 Å². The van der Waals surface area contributed by atoms with Gasteiger partial charge >= 0.3 is 6.18 Å². The minimum absolute atomic E-state index is 0.246. The van der Waals surface area contributed by atoms with Crippen LogP contribution in [0.15, 0.2) is 16.6 Å². The van der Waals surface area contributed by atoms with Gasteiger partial charge in [0.15, 0.2) is 0 Å². The number of rotatable bonds is 1. The summed E-state index contributed by atoms with van der Waals surface area (Å²) in [6.07, 6.45) is -4.69. The van der Waals surface area contributed by atoms with Crippen LogP contribution in [0.3, 0.4) is 0 Å². The van der Waals surface area contributed by atoms with Crippen LogP contribution in [-0.4, -0.2) is 4.92 Å². The standard InChI is InChI=1S/C8H2BrF3N2O2/c1-13-7-5(9)2-4(8(10,11)12)3-6(7)14(15)16/h2-3H. The Balaban J connectivity index is 3.54. The maximum atomic E-state index is 12.3. The van der Waals surface area contributed by atoms with Gasteiger partial charge in [0.05, 0.1) is 17.1 Å². The van der Waals surface area contributed by atoms with Crippen LogP contribution in [-0.2, 0) is 6.18 Å². The van der Waals surface area contributed by atoms with E-state index in [1.807, 2.05) is 0 Å². The van der Waals surface area contributed by atoms with Crippen molar-refractivity contribution in [2.75, 3.05) is 0 Å². The molecule has 84 valence electrons.